The number of halogens is 4. The molecule has 7 nitrogen and oxygen atoms in total. The van der Waals surface area contributed by atoms with Gasteiger partial charge in [0.25, 0.3) is 5.91 Å². The van der Waals surface area contributed by atoms with Crippen LogP contribution in [0.1, 0.15) is 18.1 Å². The molecule has 1 fully saturated rings. The van der Waals surface area contributed by atoms with E-state index in [0.717, 1.165) is 12.1 Å². The standard InChI is InChI=1S/C23H22ClF3N4O3/c1-15(34-18-5-2-16(13-28)3-6-18)22(33)31-10-8-30(9-11-31)14-21(32)29-17-4-7-20(24)19(12-17)23(25,26)27/h2-7,12,15H,8-11,14H2,1H3,(H,29,32)/t15-/m0/s1. The summed E-state index contributed by atoms with van der Waals surface area (Å²) in [6.45, 7) is 3.23. The molecule has 0 radical (unpaired) electrons. The van der Waals surface area contributed by atoms with Crippen LogP contribution in [0.2, 0.25) is 5.02 Å². The van der Waals surface area contributed by atoms with Crippen molar-refractivity contribution in [2.45, 2.75) is 19.2 Å². The quantitative estimate of drug-likeness (QED) is 0.660. The van der Waals surface area contributed by atoms with Gasteiger partial charge in [0, 0.05) is 31.9 Å². The predicted molar refractivity (Wildman–Crippen MR) is 119 cm³/mol. The van der Waals surface area contributed by atoms with Gasteiger partial charge in [-0.05, 0) is 49.4 Å². The second kappa shape index (κ2) is 10.8. The average molecular weight is 495 g/mol. The van der Waals surface area contributed by atoms with Crippen LogP contribution in [0.15, 0.2) is 42.5 Å². The number of hydrogen-bond acceptors (Lipinski definition) is 5. The van der Waals surface area contributed by atoms with Crippen LogP contribution in [0.4, 0.5) is 18.9 Å². The number of alkyl halides is 3. The maximum Gasteiger partial charge on any atom is 0.417 e. The maximum atomic E-state index is 13.0. The van der Waals surface area contributed by atoms with Gasteiger partial charge in [0.2, 0.25) is 5.91 Å². The zero-order valence-electron chi connectivity index (χ0n) is 18.2. The summed E-state index contributed by atoms with van der Waals surface area (Å²) in [4.78, 5) is 28.4. The van der Waals surface area contributed by atoms with Gasteiger partial charge in [-0.25, -0.2) is 0 Å². The molecule has 2 aromatic rings. The minimum absolute atomic E-state index is 0.00400. The number of piperazine rings is 1. The number of ether oxygens (including phenoxy) is 1. The number of nitrogens with zero attached hydrogens (tertiary/aromatic N) is 3. The molecule has 1 N–H and O–H groups in total. The van der Waals surface area contributed by atoms with E-state index in [2.05, 4.69) is 5.32 Å². The highest BCUT2D eigenvalue weighted by atomic mass is 35.5. The molecule has 2 aromatic carbocycles. The van der Waals surface area contributed by atoms with Crippen LogP contribution in [0.25, 0.3) is 0 Å². The molecule has 0 bridgehead atoms. The van der Waals surface area contributed by atoms with Crippen LogP contribution in [0.5, 0.6) is 5.75 Å². The SMILES string of the molecule is C[C@H](Oc1ccc(C#N)cc1)C(=O)N1CCN(CC(=O)Nc2ccc(Cl)c(C(F)(F)F)c2)CC1. The number of nitrogens with one attached hydrogen (secondary N) is 1. The fourth-order valence-corrected chi connectivity index (χ4v) is 3.69. The van der Waals surface area contributed by atoms with E-state index in [4.69, 9.17) is 21.6 Å². The average Bonchev–Trinajstić information content (AvgIpc) is 2.80. The molecular formula is C23H22ClF3N4O3. The lowest BCUT2D eigenvalue weighted by atomic mass is 10.2. The summed E-state index contributed by atoms with van der Waals surface area (Å²) >= 11 is 5.60. The van der Waals surface area contributed by atoms with Crippen molar-refractivity contribution in [3.05, 3.63) is 58.6 Å². The lowest BCUT2D eigenvalue weighted by Crippen LogP contribution is -2.53. The first-order valence-corrected chi connectivity index (χ1v) is 10.8. The smallest absolute Gasteiger partial charge is 0.417 e. The van der Waals surface area contributed by atoms with E-state index in [1.165, 1.54) is 6.07 Å². The van der Waals surface area contributed by atoms with Gasteiger partial charge in [-0.1, -0.05) is 11.6 Å². The van der Waals surface area contributed by atoms with Gasteiger partial charge in [0.05, 0.1) is 28.8 Å². The van der Waals surface area contributed by atoms with Crippen molar-refractivity contribution in [1.82, 2.24) is 9.80 Å². The Morgan fingerprint density at radius 3 is 2.38 bits per heavy atom. The topological polar surface area (TPSA) is 85.7 Å². The molecule has 1 atom stereocenters. The van der Waals surface area contributed by atoms with E-state index in [1.807, 2.05) is 11.0 Å². The second-order valence-electron chi connectivity index (χ2n) is 7.74. The van der Waals surface area contributed by atoms with Crippen molar-refractivity contribution in [3.63, 3.8) is 0 Å². The summed E-state index contributed by atoms with van der Waals surface area (Å²) in [5.74, 6) is -0.187. The minimum Gasteiger partial charge on any atom is -0.481 e. The van der Waals surface area contributed by atoms with Gasteiger partial charge in [-0.15, -0.1) is 0 Å². The minimum atomic E-state index is -4.62. The lowest BCUT2D eigenvalue weighted by Gasteiger charge is -2.35. The Morgan fingerprint density at radius 1 is 1.15 bits per heavy atom. The van der Waals surface area contributed by atoms with Crippen molar-refractivity contribution in [1.29, 1.82) is 5.26 Å². The molecule has 0 aromatic heterocycles. The summed E-state index contributed by atoms with van der Waals surface area (Å²) in [7, 11) is 0. The molecule has 0 saturated carbocycles. The lowest BCUT2D eigenvalue weighted by molar-refractivity contribution is -0.140. The van der Waals surface area contributed by atoms with E-state index in [9.17, 15) is 22.8 Å². The normalized spacial score (nSPS) is 15.4. The first-order valence-electron chi connectivity index (χ1n) is 10.4. The van der Waals surface area contributed by atoms with Crippen LogP contribution < -0.4 is 10.1 Å². The Kier molecular flexibility index (Phi) is 8.02. The van der Waals surface area contributed by atoms with Crippen molar-refractivity contribution in [2.24, 2.45) is 0 Å². The summed E-state index contributed by atoms with van der Waals surface area (Å²) in [6.07, 6.45) is -5.35. The molecule has 11 heteroatoms. The largest absolute Gasteiger partial charge is 0.481 e. The zero-order valence-corrected chi connectivity index (χ0v) is 19.0. The highest BCUT2D eigenvalue weighted by molar-refractivity contribution is 6.31. The number of benzene rings is 2. The van der Waals surface area contributed by atoms with Crippen molar-refractivity contribution < 1.29 is 27.5 Å². The zero-order chi connectivity index (χ0) is 24.9. The molecule has 1 saturated heterocycles. The number of rotatable bonds is 6. The molecule has 0 spiro atoms. The molecule has 1 heterocycles. The van der Waals surface area contributed by atoms with Gasteiger partial charge in [-0.2, -0.15) is 18.4 Å². The summed E-state index contributed by atoms with van der Waals surface area (Å²) in [6, 6.07) is 11.7. The van der Waals surface area contributed by atoms with Gasteiger partial charge in [0.15, 0.2) is 6.10 Å². The number of hydrogen-bond donors (Lipinski definition) is 1. The van der Waals surface area contributed by atoms with Gasteiger partial charge in [0.1, 0.15) is 5.75 Å². The number of amides is 2. The number of anilines is 1. The molecule has 1 aliphatic heterocycles. The second-order valence-corrected chi connectivity index (χ2v) is 8.15. The molecule has 180 valence electrons. The van der Waals surface area contributed by atoms with E-state index in [0.29, 0.717) is 37.5 Å². The fraction of sp³-hybridized carbons (Fsp3) is 0.348. The van der Waals surface area contributed by atoms with E-state index in [-0.39, 0.29) is 18.1 Å². The van der Waals surface area contributed by atoms with Crippen LogP contribution >= 0.6 is 11.6 Å². The Morgan fingerprint density at radius 2 is 1.79 bits per heavy atom. The Bertz CT molecular complexity index is 1080. The van der Waals surface area contributed by atoms with E-state index in [1.54, 1.807) is 36.1 Å². The van der Waals surface area contributed by atoms with Crippen LogP contribution in [-0.2, 0) is 15.8 Å². The highest BCUT2D eigenvalue weighted by Gasteiger charge is 2.33. The molecule has 1 aliphatic rings. The van der Waals surface area contributed by atoms with Crippen molar-refractivity contribution >= 4 is 29.1 Å². The van der Waals surface area contributed by atoms with Crippen LogP contribution in [-0.4, -0.2) is 60.4 Å². The number of carbonyl (C=O) groups excluding carboxylic acids is 2. The van der Waals surface area contributed by atoms with Gasteiger partial charge in [-0.3, -0.25) is 14.5 Å². The Labute approximate surface area is 199 Å². The molecule has 0 unspecified atom stereocenters. The molecule has 0 aliphatic carbocycles. The molecule has 3 rings (SSSR count). The first-order chi connectivity index (χ1) is 16.1. The van der Waals surface area contributed by atoms with E-state index < -0.39 is 28.8 Å². The monoisotopic (exact) mass is 494 g/mol. The molecule has 34 heavy (non-hydrogen) atoms. The van der Waals surface area contributed by atoms with Gasteiger partial charge >= 0.3 is 6.18 Å². The Hall–Kier alpha value is -3.29. The maximum absolute atomic E-state index is 13.0. The highest BCUT2D eigenvalue weighted by Crippen LogP contribution is 2.36. The third-order valence-electron chi connectivity index (χ3n) is 5.25. The summed E-state index contributed by atoms with van der Waals surface area (Å²) in [5.41, 5.74) is -0.524. The fourth-order valence-electron chi connectivity index (χ4n) is 3.47. The van der Waals surface area contributed by atoms with Crippen LogP contribution in [0.3, 0.4) is 0 Å². The van der Waals surface area contributed by atoms with Gasteiger partial charge < -0.3 is 15.0 Å². The van der Waals surface area contributed by atoms with Crippen molar-refractivity contribution in [2.75, 3.05) is 38.0 Å². The molecule has 2 amide bonds. The predicted octanol–water partition coefficient (Wildman–Crippen LogP) is 3.78. The van der Waals surface area contributed by atoms with Crippen molar-refractivity contribution in [3.8, 4) is 11.8 Å². The number of carbonyl (C=O) groups is 2. The third-order valence-corrected chi connectivity index (χ3v) is 5.58. The Balaban J connectivity index is 1.47. The molecular weight excluding hydrogens is 473 g/mol. The number of nitriles is 1. The van der Waals surface area contributed by atoms with Crippen LogP contribution in [0, 0.1) is 11.3 Å². The third kappa shape index (κ3) is 6.62. The summed E-state index contributed by atoms with van der Waals surface area (Å²) < 4.78 is 44.6. The van der Waals surface area contributed by atoms with E-state index >= 15 is 0 Å². The summed E-state index contributed by atoms with van der Waals surface area (Å²) in [5, 5.41) is 10.9. The first kappa shape index (κ1) is 25.3.